The second-order valence-electron chi connectivity index (χ2n) is 1.94. The van der Waals surface area contributed by atoms with Crippen molar-refractivity contribution in [2.45, 2.75) is 20.1 Å². The number of hydrogen-bond acceptors (Lipinski definition) is 3. The van der Waals surface area contributed by atoms with Crippen molar-refractivity contribution < 1.29 is 14.3 Å². The molecule has 0 amide bonds. The molecule has 66 valence electrons. The zero-order valence-corrected chi connectivity index (χ0v) is 7.01. The highest BCUT2D eigenvalue weighted by Crippen LogP contribution is 2.11. The Morgan fingerprint density at radius 1 is 1.75 bits per heavy atom. The third kappa shape index (κ3) is 2.66. The maximum Gasteiger partial charge on any atom is 0.318 e. The van der Waals surface area contributed by atoms with Crippen LogP contribution in [-0.4, -0.2) is 16.5 Å². The fraction of sp³-hybridized carbons (Fsp3) is 0.500. The molecule has 12 heavy (non-hydrogen) atoms. The smallest absolute Gasteiger partial charge is 0.318 e. The van der Waals surface area contributed by atoms with E-state index in [0.29, 0.717) is 5.69 Å². The first-order valence-corrected chi connectivity index (χ1v) is 3.45. The quantitative estimate of drug-likeness (QED) is 0.691. The average Bonchev–Trinajstić information content (AvgIpc) is 2.12. The highest BCUT2D eigenvalue weighted by molar-refractivity contribution is 6.29. The Labute approximate surface area is 86.6 Å². The largest absolute Gasteiger partial charge is 0.463 e. The van der Waals surface area contributed by atoms with Crippen LogP contribution in [0.25, 0.3) is 0 Å². The molecule has 0 N–H and O–H groups in total. The van der Waals surface area contributed by atoms with E-state index in [4.69, 9.17) is 21.2 Å². The first kappa shape index (κ1) is 3.50. The third-order valence-corrected chi connectivity index (χ3v) is 1.19. The number of halogens is 1. The molecule has 0 unspecified atom stereocenters. The molecule has 0 spiro atoms. The fourth-order valence-corrected chi connectivity index (χ4v) is 0.851. The molecule has 1 aromatic heterocycles. The van der Waals surface area contributed by atoms with Crippen LogP contribution < -0.4 is 4.74 Å². The van der Waals surface area contributed by atoms with E-state index in [-0.39, 0.29) is 5.15 Å². The van der Waals surface area contributed by atoms with Gasteiger partial charge in [-0.3, -0.25) is 0 Å². The van der Waals surface area contributed by atoms with E-state index >= 15 is 0 Å². The minimum Gasteiger partial charge on any atom is -0.463 e. The maximum atomic E-state index is 7.45. The molecule has 0 saturated heterocycles. The Balaban J connectivity index is 3.09. The zero-order chi connectivity index (χ0) is 15.1. The van der Waals surface area contributed by atoms with Gasteiger partial charge in [-0.25, -0.2) is 4.98 Å². The molecule has 4 heteroatoms. The standard InChI is InChI=1S/C8H11ClN2O/c1-3-4-12-8-10-6(2)5-7(9)11-8/h5H,3-4H2,1-2H3/i1D3,3D2,4D2. The Morgan fingerprint density at radius 2 is 2.58 bits per heavy atom. The lowest BCUT2D eigenvalue weighted by Crippen LogP contribution is -2.00. The van der Waals surface area contributed by atoms with Crippen LogP contribution in [0.2, 0.25) is 5.15 Å². The topological polar surface area (TPSA) is 35.0 Å². The Bertz CT molecular complexity index is 456. The second-order valence-corrected chi connectivity index (χ2v) is 2.33. The van der Waals surface area contributed by atoms with Gasteiger partial charge >= 0.3 is 6.01 Å². The van der Waals surface area contributed by atoms with E-state index in [2.05, 4.69) is 14.7 Å². The SMILES string of the molecule is [2H]C([2H])([2H])C([2H])([2H])C([2H])([2H])Oc1nc(C)cc(Cl)n1. The molecule has 3 nitrogen and oxygen atoms in total. The summed E-state index contributed by atoms with van der Waals surface area (Å²) in [5, 5.41) is -0.0206. The molecule has 0 radical (unpaired) electrons. The summed E-state index contributed by atoms with van der Waals surface area (Å²) in [4.78, 5) is 7.26. The molecule has 0 aliphatic rings. The molecular weight excluding hydrogens is 176 g/mol. The van der Waals surface area contributed by atoms with Crippen molar-refractivity contribution in [2.24, 2.45) is 0 Å². The van der Waals surface area contributed by atoms with Crippen molar-refractivity contribution in [3.05, 3.63) is 16.9 Å². The Hall–Kier alpha value is -0.830. The first-order valence-electron chi connectivity index (χ1n) is 6.57. The van der Waals surface area contributed by atoms with Crippen LogP contribution in [0.5, 0.6) is 6.01 Å². The molecule has 0 atom stereocenters. The van der Waals surface area contributed by atoms with Crippen molar-refractivity contribution in [3.8, 4) is 6.01 Å². The number of aromatic nitrogens is 2. The summed E-state index contributed by atoms with van der Waals surface area (Å²) in [6.45, 7) is -4.80. The van der Waals surface area contributed by atoms with Crippen LogP contribution in [0, 0.1) is 6.92 Å². The molecule has 1 rings (SSSR count). The number of ether oxygens (including phenoxy) is 1. The van der Waals surface area contributed by atoms with Gasteiger partial charge in [0, 0.05) is 12.5 Å². The summed E-state index contributed by atoms with van der Waals surface area (Å²) in [6, 6.07) is 0.866. The van der Waals surface area contributed by atoms with Gasteiger partial charge < -0.3 is 4.74 Å². The summed E-state index contributed by atoms with van der Waals surface area (Å²) in [6.07, 6.45) is -3.24. The van der Waals surface area contributed by atoms with Crippen LogP contribution in [0.4, 0.5) is 0 Å². The highest BCUT2D eigenvalue weighted by Gasteiger charge is 1.99. The molecule has 0 aromatic carbocycles. The van der Waals surface area contributed by atoms with Gasteiger partial charge in [0.05, 0.1) is 9.30 Å². The van der Waals surface area contributed by atoms with Crippen LogP contribution in [0.15, 0.2) is 6.07 Å². The molecule has 0 bridgehead atoms. The number of nitrogens with zero attached hydrogens (tertiary/aromatic N) is 2. The van der Waals surface area contributed by atoms with Gasteiger partial charge in [0.15, 0.2) is 0 Å². The summed E-state index contributed by atoms with van der Waals surface area (Å²) in [5.74, 6) is 0. The minimum atomic E-state index is -3.24. The second kappa shape index (κ2) is 4.26. The monoisotopic (exact) mass is 193 g/mol. The normalized spacial score (nSPS) is 22.0. The predicted molar refractivity (Wildman–Crippen MR) is 47.6 cm³/mol. The molecule has 1 aromatic rings. The molecular formula is C8H11ClN2O. The maximum absolute atomic E-state index is 7.45. The molecule has 1 heterocycles. The fourth-order valence-electron chi connectivity index (χ4n) is 0.621. The van der Waals surface area contributed by atoms with Crippen LogP contribution in [-0.2, 0) is 0 Å². The number of rotatable bonds is 3. The van der Waals surface area contributed by atoms with E-state index < -0.39 is 25.8 Å². The Kier molecular flexibility index (Phi) is 1.24. The lowest BCUT2D eigenvalue weighted by molar-refractivity contribution is 0.291. The van der Waals surface area contributed by atoms with Gasteiger partial charge in [-0.05, 0) is 19.4 Å². The van der Waals surface area contributed by atoms with Gasteiger partial charge in [0.2, 0.25) is 0 Å². The molecule has 0 aliphatic carbocycles. The zero-order valence-electron chi connectivity index (χ0n) is 13.3. The van der Waals surface area contributed by atoms with Crippen molar-refractivity contribution in [2.75, 3.05) is 6.56 Å². The van der Waals surface area contributed by atoms with Crippen LogP contribution in [0.3, 0.4) is 0 Å². The van der Waals surface area contributed by atoms with Crippen molar-refractivity contribution in [3.63, 3.8) is 0 Å². The lowest BCUT2D eigenvalue weighted by atomic mass is 10.5. The van der Waals surface area contributed by atoms with E-state index in [9.17, 15) is 0 Å². The number of hydrogen-bond donors (Lipinski definition) is 0. The third-order valence-electron chi connectivity index (χ3n) is 0.996. The van der Waals surface area contributed by atoms with Crippen molar-refractivity contribution in [1.82, 2.24) is 9.97 Å². The summed E-state index contributed by atoms with van der Waals surface area (Å²) >= 11 is 5.62. The Morgan fingerprint density at radius 3 is 3.25 bits per heavy atom. The molecule has 0 fully saturated rings. The minimum absolute atomic E-state index is 0.0206. The summed E-state index contributed by atoms with van der Waals surface area (Å²) in [5.41, 5.74) is 0.375. The molecule has 0 saturated carbocycles. The van der Waals surface area contributed by atoms with Gasteiger partial charge in [-0.15, -0.1) is 0 Å². The highest BCUT2D eigenvalue weighted by atomic mass is 35.5. The molecule has 0 aliphatic heterocycles. The van der Waals surface area contributed by atoms with Crippen molar-refractivity contribution >= 4 is 11.6 Å². The predicted octanol–water partition coefficient (Wildman–Crippen LogP) is 2.23. The van der Waals surface area contributed by atoms with Gasteiger partial charge in [-0.1, -0.05) is 18.5 Å². The van der Waals surface area contributed by atoms with Gasteiger partial charge in [-0.2, -0.15) is 4.98 Å². The number of aryl methyl sites for hydroxylation is 1. The van der Waals surface area contributed by atoms with Crippen LogP contribution >= 0.6 is 11.6 Å². The average molecular weight is 194 g/mol. The van der Waals surface area contributed by atoms with Gasteiger partial charge in [0.1, 0.15) is 5.15 Å². The van der Waals surface area contributed by atoms with Gasteiger partial charge in [0.25, 0.3) is 0 Å². The van der Waals surface area contributed by atoms with E-state index in [1.165, 1.54) is 6.07 Å². The summed E-state index contributed by atoms with van der Waals surface area (Å²) < 4.78 is 55.3. The van der Waals surface area contributed by atoms with E-state index in [1.54, 1.807) is 6.92 Å². The first-order chi connectivity index (χ1) is 8.37. The lowest BCUT2D eigenvalue weighted by Gasteiger charge is -2.02. The van der Waals surface area contributed by atoms with Crippen LogP contribution in [0.1, 0.15) is 28.5 Å². The van der Waals surface area contributed by atoms with E-state index in [1.807, 2.05) is 0 Å². The van der Waals surface area contributed by atoms with Crippen molar-refractivity contribution in [1.29, 1.82) is 0 Å². The summed E-state index contributed by atoms with van der Waals surface area (Å²) in [7, 11) is 0. The van der Waals surface area contributed by atoms with E-state index in [0.717, 1.165) is 0 Å².